The molecule has 3 aromatic rings. The van der Waals surface area contributed by atoms with Crippen LogP contribution < -0.4 is 19.5 Å². The maximum atomic E-state index is 14.6. The lowest BCUT2D eigenvalue weighted by molar-refractivity contribution is 0.324. The number of nitrogens with zero attached hydrogens (tertiary/aromatic N) is 3. The molecule has 0 unspecified atom stereocenters. The van der Waals surface area contributed by atoms with E-state index in [2.05, 4.69) is 15.3 Å². The fourth-order valence-corrected chi connectivity index (χ4v) is 4.39. The van der Waals surface area contributed by atoms with Gasteiger partial charge in [0.15, 0.2) is 23.1 Å². The quantitative estimate of drug-likeness (QED) is 0.547. The molecule has 4 rings (SSSR count). The molecule has 0 saturated heterocycles. The van der Waals surface area contributed by atoms with Crippen molar-refractivity contribution in [1.82, 2.24) is 14.3 Å². The van der Waals surface area contributed by atoms with Crippen LogP contribution in [0, 0.1) is 5.82 Å². The van der Waals surface area contributed by atoms with Gasteiger partial charge in [-0.25, -0.2) is 22.8 Å². The first kappa shape index (κ1) is 22.8. The van der Waals surface area contributed by atoms with E-state index in [1.807, 2.05) is 0 Å². The molecule has 0 spiro atoms. The van der Waals surface area contributed by atoms with Gasteiger partial charge in [-0.15, -0.1) is 0 Å². The van der Waals surface area contributed by atoms with Gasteiger partial charge in [0.05, 0.1) is 33.8 Å². The van der Waals surface area contributed by atoms with Gasteiger partial charge in [-0.3, -0.25) is 0 Å². The maximum absolute atomic E-state index is 14.6. The van der Waals surface area contributed by atoms with Gasteiger partial charge in [-0.05, 0) is 6.07 Å². The van der Waals surface area contributed by atoms with Crippen molar-refractivity contribution < 1.29 is 31.4 Å². The fourth-order valence-electron chi connectivity index (χ4n) is 3.59. The molecular weight excluding hydrogens is 455 g/mol. The van der Waals surface area contributed by atoms with Crippen molar-refractivity contribution in [3.8, 4) is 28.7 Å². The zero-order valence-electron chi connectivity index (χ0n) is 18.5. The van der Waals surface area contributed by atoms with Crippen molar-refractivity contribution >= 4 is 21.7 Å². The van der Waals surface area contributed by atoms with E-state index in [0.29, 0.717) is 47.2 Å². The molecule has 1 aliphatic heterocycles. The standard InChI is InChI=1S/C21H23FN4O6S/c1-29-17-8-13(9-18(30-2)20(17)31-3)24-21-23-10-14(22)19(25-21)16-7-12-11-26(33(4,27)28)6-5-15(12)32-16/h7-10H,5-6,11H2,1-4H3,(H,23,24,25). The first-order valence-corrected chi connectivity index (χ1v) is 11.7. The van der Waals surface area contributed by atoms with Gasteiger partial charge in [0.1, 0.15) is 11.5 Å². The number of aromatic nitrogens is 2. The molecule has 10 nitrogen and oxygen atoms in total. The molecule has 12 heteroatoms. The molecule has 0 saturated carbocycles. The van der Waals surface area contributed by atoms with Crippen LogP contribution in [0.5, 0.6) is 17.2 Å². The van der Waals surface area contributed by atoms with Crippen LogP contribution in [0.3, 0.4) is 0 Å². The molecule has 0 aliphatic carbocycles. The van der Waals surface area contributed by atoms with E-state index in [-0.39, 0.29) is 23.9 Å². The maximum Gasteiger partial charge on any atom is 0.228 e. The molecule has 1 aromatic carbocycles. The summed E-state index contributed by atoms with van der Waals surface area (Å²) in [4.78, 5) is 8.27. The third-order valence-electron chi connectivity index (χ3n) is 5.20. The second kappa shape index (κ2) is 8.87. The topological polar surface area (TPSA) is 116 Å². The monoisotopic (exact) mass is 478 g/mol. The number of anilines is 2. The molecule has 1 aliphatic rings. The van der Waals surface area contributed by atoms with Gasteiger partial charge in [0, 0.05) is 42.9 Å². The summed E-state index contributed by atoms with van der Waals surface area (Å²) in [6.45, 7) is 0.472. The summed E-state index contributed by atoms with van der Waals surface area (Å²) in [5.74, 6) is 1.54. The number of fused-ring (bicyclic) bond motifs is 1. The highest BCUT2D eigenvalue weighted by molar-refractivity contribution is 7.88. The van der Waals surface area contributed by atoms with Gasteiger partial charge in [-0.2, -0.15) is 4.31 Å². The number of ether oxygens (including phenoxy) is 3. The van der Waals surface area contributed by atoms with E-state index < -0.39 is 15.8 Å². The Bertz CT molecular complexity index is 1270. The third kappa shape index (κ3) is 4.57. The van der Waals surface area contributed by atoms with Crippen molar-refractivity contribution in [2.45, 2.75) is 13.0 Å². The first-order valence-electron chi connectivity index (χ1n) is 9.90. The minimum atomic E-state index is -3.34. The normalized spacial score (nSPS) is 14.0. The zero-order valence-corrected chi connectivity index (χ0v) is 19.3. The minimum Gasteiger partial charge on any atom is -0.493 e. The van der Waals surface area contributed by atoms with Crippen LogP contribution in [0.25, 0.3) is 11.5 Å². The summed E-state index contributed by atoms with van der Waals surface area (Å²) in [6, 6.07) is 4.94. The summed E-state index contributed by atoms with van der Waals surface area (Å²) in [6.07, 6.45) is 2.59. The van der Waals surface area contributed by atoms with Crippen LogP contribution >= 0.6 is 0 Å². The van der Waals surface area contributed by atoms with E-state index in [0.717, 1.165) is 12.5 Å². The first-order chi connectivity index (χ1) is 15.7. The van der Waals surface area contributed by atoms with Crippen molar-refractivity contribution in [3.63, 3.8) is 0 Å². The second-order valence-electron chi connectivity index (χ2n) is 7.33. The highest BCUT2D eigenvalue weighted by Crippen LogP contribution is 2.40. The van der Waals surface area contributed by atoms with E-state index in [4.69, 9.17) is 18.6 Å². The van der Waals surface area contributed by atoms with Crippen molar-refractivity contribution in [3.05, 3.63) is 41.5 Å². The predicted molar refractivity (Wildman–Crippen MR) is 118 cm³/mol. The largest absolute Gasteiger partial charge is 0.493 e. The summed E-state index contributed by atoms with van der Waals surface area (Å²) >= 11 is 0. The van der Waals surface area contributed by atoms with E-state index in [1.165, 1.54) is 25.6 Å². The molecule has 3 heterocycles. The van der Waals surface area contributed by atoms with Crippen LogP contribution in [-0.4, -0.2) is 56.8 Å². The Kier molecular flexibility index (Phi) is 6.13. The number of nitrogens with one attached hydrogen (secondary N) is 1. The lowest BCUT2D eigenvalue weighted by atomic mass is 10.1. The number of methoxy groups -OCH3 is 3. The molecular formula is C21H23FN4O6S. The fraction of sp³-hybridized carbons (Fsp3) is 0.333. The van der Waals surface area contributed by atoms with E-state index in [9.17, 15) is 12.8 Å². The Hall–Kier alpha value is -3.38. The number of hydrogen-bond acceptors (Lipinski definition) is 9. The Morgan fingerprint density at radius 2 is 1.82 bits per heavy atom. The second-order valence-corrected chi connectivity index (χ2v) is 9.32. The van der Waals surface area contributed by atoms with Crippen LogP contribution in [-0.2, 0) is 23.0 Å². The Morgan fingerprint density at radius 3 is 2.42 bits per heavy atom. The highest BCUT2D eigenvalue weighted by Gasteiger charge is 2.27. The molecule has 0 bridgehead atoms. The Labute approximate surface area is 190 Å². The highest BCUT2D eigenvalue weighted by atomic mass is 32.2. The van der Waals surface area contributed by atoms with Gasteiger partial charge >= 0.3 is 0 Å². The zero-order chi connectivity index (χ0) is 23.8. The Morgan fingerprint density at radius 1 is 1.12 bits per heavy atom. The number of halogens is 1. The summed E-state index contributed by atoms with van der Waals surface area (Å²) < 4.78 is 61.5. The molecule has 2 aromatic heterocycles. The molecule has 0 amide bonds. The third-order valence-corrected chi connectivity index (χ3v) is 6.45. The minimum absolute atomic E-state index is 0.0414. The predicted octanol–water partition coefficient (Wildman–Crippen LogP) is 2.96. The number of hydrogen-bond donors (Lipinski definition) is 1. The van der Waals surface area contributed by atoms with Gasteiger partial charge in [0.2, 0.25) is 21.7 Å². The van der Waals surface area contributed by atoms with Crippen LogP contribution in [0.15, 0.2) is 28.8 Å². The SMILES string of the molecule is COc1cc(Nc2ncc(F)c(-c3cc4c(o3)CCN(S(C)(=O)=O)C4)n2)cc(OC)c1OC. The van der Waals surface area contributed by atoms with Crippen molar-refractivity contribution in [2.75, 3.05) is 39.4 Å². The average molecular weight is 479 g/mol. The summed E-state index contributed by atoms with van der Waals surface area (Å²) in [5.41, 5.74) is 1.17. The number of rotatable bonds is 7. The lowest BCUT2D eigenvalue weighted by Crippen LogP contribution is -2.34. The number of sulfonamides is 1. The summed E-state index contributed by atoms with van der Waals surface area (Å²) in [7, 11) is 1.16. The van der Waals surface area contributed by atoms with Crippen LogP contribution in [0.1, 0.15) is 11.3 Å². The van der Waals surface area contributed by atoms with Gasteiger partial charge < -0.3 is 23.9 Å². The number of furan rings is 1. The average Bonchev–Trinajstić information content (AvgIpc) is 3.22. The Balaban J connectivity index is 1.65. The molecule has 176 valence electrons. The molecule has 33 heavy (non-hydrogen) atoms. The van der Waals surface area contributed by atoms with E-state index >= 15 is 0 Å². The molecule has 0 atom stereocenters. The van der Waals surface area contributed by atoms with Crippen LogP contribution in [0.2, 0.25) is 0 Å². The van der Waals surface area contributed by atoms with Crippen molar-refractivity contribution in [2.24, 2.45) is 0 Å². The van der Waals surface area contributed by atoms with Gasteiger partial charge in [-0.1, -0.05) is 0 Å². The van der Waals surface area contributed by atoms with E-state index in [1.54, 1.807) is 18.2 Å². The molecule has 0 radical (unpaired) electrons. The molecule has 1 N–H and O–H groups in total. The summed E-state index contributed by atoms with van der Waals surface area (Å²) in [5, 5.41) is 3.00. The van der Waals surface area contributed by atoms with Crippen LogP contribution in [0.4, 0.5) is 16.0 Å². The van der Waals surface area contributed by atoms with Gasteiger partial charge in [0.25, 0.3) is 0 Å². The lowest BCUT2D eigenvalue weighted by Gasteiger charge is -2.23. The smallest absolute Gasteiger partial charge is 0.228 e. The molecule has 0 fully saturated rings. The van der Waals surface area contributed by atoms with Crippen molar-refractivity contribution in [1.29, 1.82) is 0 Å². The number of benzene rings is 1.